The molecule has 0 spiro atoms. The van der Waals surface area contributed by atoms with Gasteiger partial charge in [-0.3, -0.25) is 9.59 Å². The van der Waals surface area contributed by atoms with Crippen molar-refractivity contribution in [2.45, 2.75) is 20.0 Å². The Morgan fingerprint density at radius 3 is 2.31 bits per heavy atom. The lowest BCUT2D eigenvalue weighted by molar-refractivity contribution is -0.118. The summed E-state index contributed by atoms with van der Waals surface area (Å²) < 4.78 is 10.4. The predicted molar refractivity (Wildman–Crippen MR) is 96.1 cm³/mol. The van der Waals surface area contributed by atoms with Crippen LogP contribution in [0.4, 0.5) is 5.69 Å². The summed E-state index contributed by atoms with van der Waals surface area (Å²) >= 11 is 0. The molecule has 0 radical (unpaired) electrons. The summed E-state index contributed by atoms with van der Waals surface area (Å²) in [6, 6.07) is 12.7. The van der Waals surface area contributed by atoms with Crippen LogP contribution in [0.1, 0.15) is 34.6 Å². The van der Waals surface area contributed by atoms with E-state index in [1.165, 1.54) is 6.07 Å². The lowest BCUT2D eigenvalue weighted by Crippen LogP contribution is -2.21. The molecule has 2 aromatic carbocycles. The number of esters is 1. The smallest absolute Gasteiger partial charge is 0.338 e. The number of amides is 2. The first-order valence-corrected chi connectivity index (χ1v) is 7.99. The number of rotatable bonds is 7. The van der Waals surface area contributed by atoms with Crippen LogP contribution in [0.25, 0.3) is 0 Å². The van der Waals surface area contributed by atoms with Gasteiger partial charge in [0.2, 0.25) is 0 Å². The molecule has 0 aliphatic heterocycles. The first kappa shape index (κ1) is 19.0. The maximum absolute atomic E-state index is 12.0. The highest BCUT2D eigenvalue weighted by Gasteiger charge is 2.12. The van der Waals surface area contributed by atoms with E-state index in [2.05, 4.69) is 5.32 Å². The molecular weight excluding hydrogens is 336 g/mol. The van der Waals surface area contributed by atoms with Crippen LogP contribution >= 0.6 is 0 Å². The Balaban J connectivity index is 1.92. The number of carbonyl (C=O) groups excluding carboxylic acids is 3. The van der Waals surface area contributed by atoms with Crippen LogP contribution in [-0.4, -0.2) is 30.5 Å². The molecule has 26 heavy (non-hydrogen) atoms. The van der Waals surface area contributed by atoms with Gasteiger partial charge in [-0.2, -0.15) is 0 Å². The van der Waals surface area contributed by atoms with Gasteiger partial charge in [0.15, 0.2) is 6.61 Å². The number of ether oxygens (including phenoxy) is 2. The van der Waals surface area contributed by atoms with E-state index in [4.69, 9.17) is 15.2 Å². The summed E-state index contributed by atoms with van der Waals surface area (Å²) in [6.07, 6.45) is -0.206. The maximum Gasteiger partial charge on any atom is 0.338 e. The monoisotopic (exact) mass is 356 g/mol. The number of anilines is 1. The van der Waals surface area contributed by atoms with Crippen molar-refractivity contribution in [2.24, 2.45) is 5.73 Å². The van der Waals surface area contributed by atoms with Crippen molar-refractivity contribution in [3.8, 4) is 5.75 Å². The SMILES string of the molecule is CC(C)OC(=O)c1ccc(NC(=O)COc2ccccc2C(N)=O)cc1. The molecule has 0 bridgehead atoms. The molecule has 0 atom stereocenters. The summed E-state index contributed by atoms with van der Waals surface area (Å²) in [5.41, 5.74) is 6.35. The Labute approximate surface area is 151 Å². The molecule has 0 aromatic heterocycles. The van der Waals surface area contributed by atoms with Crippen molar-refractivity contribution in [1.29, 1.82) is 0 Å². The third kappa shape index (κ3) is 5.34. The van der Waals surface area contributed by atoms with Crippen LogP contribution in [0.15, 0.2) is 48.5 Å². The van der Waals surface area contributed by atoms with E-state index < -0.39 is 17.8 Å². The van der Waals surface area contributed by atoms with E-state index in [-0.39, 0.29) is 24.0 Å². The number of carbonyl (C=O) groups is 3. The molecule has 7 heteroatoms. The third-order valence-corrected chi connectivity index (χ3v) is 3.26. The third-order valence-electron chi connectivity index (χ3n) is 3.26. The molecule has 0 saturated carbocycles. The molecule has 2 rings (SSSR count). The number of hydrogen-bond acceptors (Lipinski definition) is 5. The number of hydrogen-bond donors (Lipinski definition) is 2. The fraction of sp³-hybridized carbons (Fsp3) is 0.211. The highest BCUT2D eigenvalue weighted by Crippen LogP contribution is 2.17. The Morgan fingerprint density at radius 2 is 1.69 bits per heavy atom. The Morgan fingerprint density at radius 1 is 1.04 bits per heavy atom. The lowest BCUT2D eigenvalue weighted by atomic mass is 10.2. The van der Waals surface area contributed by atoms with Crippen LogP contribution in [0, 0.1) is 0 Å². The van der Waals surface area contributed by atoms with E-state index in [0.29, 0.717) is 11.3 Å². The van der Waals surface area contributed by atoms with Gasteiger partial charge in [0.25, 0.3) is 11.8 Å². The molecule has 2 aromatic rings. The second-order valence-corrected chi connectivity index (χ2v) is 5.73. The standard InChI is InChI=1S/C19H20N2O5/c1-12(2)26-19(24)13-7-9-14(10-8-13)21-17(22)11-25-16-6-4-3-5-15(16)18(20)23/h3-10,12H,11H2,1-2H3,(H2,20,23)(H,21,22). The molecule has 0 fully saturated rings. The largest absolute Gasteiger partial charge is 0.483 e. The van der Waals surface area contributed by atoms with Crippen molar-refractivity contribution in [3.63, 3.8) is 0 Å². The quantitative estimate of drug-likeness (QED) is 0.741. The summed E-state index contributed by atoms with van der Waals surface area (Å²) in [5.74, 6) is -1.24. The van der Waals surface area contributed by atoms with Crippen molar-refractivity contribution < 1.29 is 23.9 Å². The second kappa shape index (κ2) is 8.66. The van der Waals surface area contributed by atoms with Crippen LogP contribution in [-0.2, 0) is 9.53 Å². The average molecular weight is 356 g/mol. The van der Waals surface area contributed by atoms with Crippen LogP contribution in [0.2, 0.25) is 0 Å². The fourth-order valence-electron chi connectivity index (χ4n) is 2.11. The highest BCUT2D eigenvalue weighted by atomic mass is 16.5. The van der Waals surface area contributed by atoms with Crippen molar-refractivity contribution in [1.82, 2.24) is 0 Å². The number of para-hydroxylation sites is 1. The van der Waals surface area contributed by atoms with E-state index in [1.54, 1.807) is 56.3 Å². The minimum atomic E-state index is -0.634. The Kier molecular flexibility index (Phi) is 6.32. The first-order chi connectivity index (χ1) is 12.4. The normalized spacial score (nSPS) is 10.3. The van der Waals surface area contributed by atoms with Gasteiger partial charge in [0, 0.05) is 5.69 Å². The molecule has 2 amide bonds. The molecule has 136 valence electrons. The predicted octanol–water partition coefficient (Wildman–Crippen LogP) is 2.37. The fourth-order valence-corrected chi connectivity index (χ4v) is 2.11. The molecule has 0 unspecified atom stereocenters. The molecule has 3 N–H and O–H groups in total. The molecule has 0 aliphatic rings. The van der Waals surface area contributed by atoms with Crippen molar-refractivity contribution in [3.05, 3.63) is 59.7 Å². The number of benzene rings is 2. The molecule has 0 saturated heterocycles. The first-order valence-electron chi connectivity index (χ1n) is 7.99. The number of nitrogens with two attached hydrogens (primary N) is 1. The van der Waals surface area contributed by atoms with Crippen LogP contribution < -0.4 is 15.8 Å². The van der Waals surface area contributed by atoms with Crippen molar-refractivity contribution >= 4 is 23.5 Å². The molecule has 0 heterocycles. The zero-order valence-electron chi connectivity index (χ0n) is 14.5. The van der Waals surface area contributed by atoms with E-state index in [1.807, 2.05) is 0 Å². The highest BCUT2D eigenvalue weighted by molar-refractivity contribution is 5.96. The molecule has 7 nitrogen and oxygen atoms in total. The minimum absolute atomic E-state index is 0.202. The Bertz CT molecular complexity index is 800. The van der Waals surface area contributed by atoms with Gasteiger partial charge in [0.05, 0.1) is 17.2 Å². The lowest BCUT2D eigenvalue weighted by Gasteiger charge is -2.11. The Hall–Kier alpha value is -3.35. The molecular formula is C19H20N2O5. The molecule has 0 aliphatic carbocycles. The second-order valence-electron chi connectivity index (χ2n) is 5.73. The van der Waals surface area contributed by atoms with Crippen LogP contribution in [0.5, 0.6) is 5.75 Å². The van der Waals surface area contributed by atoms with E-state index >= 15 is 0 Å². The summed E-state index contributed by atoms with van der Waals surface area (Å²) in [4.78, 5) is 35.1. The summed E-state index contributed by atoms with van der Waals surface area (Å²) in [5, 5.41) is 2.64. The summed E-state index contributed by atoms with van der Waals surface area (Å²) in [7, 11) is 0. The topological polar surface area (TPSA) is 108 Å². The minimum Gasteiger partial charge on any atom is -0.483 e. The average Bonchev–Trinajstić information content (AvgIpc) is 2.60. The van der Waals surface area contributed by atoms with Crippen molar-refractivity contribution in [2.75, 3.05) is 11.9 Å². The van der Waals surface area contributed by atoms with Gasteiger partial charge in [-0.15, -0.1) is 0 Å². The van der Waals surface area contributed by atoms with Gasteiger partial charge in [-0.05, 0) is 50.2 Å². The summed E-state index contributed by atoms with van der Waals surface area (Å²) in [6.45, 7) is 3.24. The van der Waals surface area contributed by atoms with E-state index in [9.17, 15) is 14.4 Å². The van der Waals surface area contributed by atoms with Gasteiger partial charge in [-0.25, -0.2) is 4.79 Å². The van der Waals surface area contributed by atoms with Gasteiger partial charge >= 0.3 is 5.97 Å². The van der Waals surface area contributed by atoms with Gasteiger partial charge in [-0.1, -0.05) is 12.1 Å². The zero-order chi connectivity index (χ0) is 19.1. The van der Waals surface area contributed by atoms with E-state index in [0.717, 1.165) is 0 Å². The number of primary amides is 1. The van der Waals surface area contributed by atoms with Gasteiger partial charge in [0.1, 0.15) is 5.75 Å². The number of nitrogens with one attached hydrogen (secondary N) is 1. The zero-order valence-corrected chi connectivity index (χ0v) is 14.5. The van der Waals surface area contributed by atoms with Gasteiger partial charge < -0.3 is 20.5 Å². The maximum atomic E-state index is 12.0. The van der Waals surface area contributed by atoms with Crippen LogP contribution in [0.3, 0.4) is 0 Å².